The van der Waals surface area contributed by atoms with E-state index in [1.165, 1.54) is 12.1 Å². The van der Waals surface area contributed by atoms with E-state index in [1.54, 1.807) is 24.3 Å². The predicted molar refractivity (Wildman–Crippen MR) is 138 cm³/mol. The fourth-order valence-electron chi connectivity index (χ4n) is 4.01. The zero-order chi connectivity index (χ0) is 25.5. The van der Waals surface area contributed by atoms with Gasteiger partial charge in [-0.25, -0.2) is 22.8 Å². The van der Waals surface area contributed by atoms with E-state index >= 15 is 0 Å². The van der Waals surface area contributed by atoms with Crippen LogP contribution in [0.3, 0.4) is 0 Å². The van der Waals surface area contributed by atoms with Gasteiger partial charge in [0.25, 0.3) is 0 Å². The Morgan fingerprint density at radius 2 is 1.67 bits per heavy atom. The Bertz CT molecular complexity index is 1320. The first kappa shape index (κ1) is 25.3. The minimum Gasteiger partial charge on any atom is -0.447 e. The average molecular weight is 505 g/mol. The van der Waals surface area contributed by atoms with Crippen LogP contribution in [0.5, 0.6) is 0 Å². The number of aryl methyl sites for hydroxylation is 1. The van der Waals surface area contributed by atoms with Gasteiger partial charge in [-0.2, -0.15) is 0 Å². The number of ether oxygens (including phenoxy) is 1. The first-order valence-corrected chi connectivity index (χ1v) is 13.1. The van der Waals surface area contributed by atoms with Gasteiger partial charge < -0.3 is 4.74 Å². The number of rotatable bonds is 9. The van der Waals surface area contributed by atoms with Crippen LogP contribution < -0.4 is 4.72 Å². The number of hydrogen-bond acceptors (Lipinski definition) is 5. The van der Waals surface area contributed by atoms with Crippen molar-refractivity contribution in [3.8, 4) is 0 Å². The lowest BCUT2D eigenvalue weighted by atomic mass is 10.0. The summed E-state index contributed by atoms with van der Waals surface area (Å²) in [6.45, 7) is 1.97. The summed E-state index contributed by atoms with van der Waals surface area (Å²) in [7, 11) is -3.91. The molecule has 1 N–H and O–H groups in total. The van der Waals surface area contributed by atoms with Gasteiger partial charge in [0.15, 0.2) is 0 Å². The zero-order valence-corrected chi connectivity index (χ0v) is 20.7. The second-order valence-corrected chi connectivity index (χ2v) is 10.4. The van der Waals surface area contributed by atoms with Crippen LogP contribution in [-0.4, -0.2) is 44.0 Å². The summed E-state index contributed by atoms with van der Waals surface area (Å²) >= 11 is 0. The maximum atomic E-state index is 13.3. The molecule has 1 saturated heterocycles. The standard InChI is InChI=1S/C28H28N2O5S/c1-21-12-16-26(17-13-21)36(33,34)29-24(15-14-22-8-4-2-5-9-22)19-27(31)30-25(20-35-28(30)32)18-23-10-6-3-7-11-23/h2-17,24-25,29H,18-20H2,1H3/b15-14+/t24-,25+/m1/s1. The molecule has 0 bridgehead atoms. The summed E-state index contributed by atoms with van der Waals surface area (Å²) in [6, 6.07) is 24.0. The van der Waals surface area contributed by atoms with Gasteiger partial charge in [-0.05, 0) is 36.6 Å². The van der Waals surface area contributed by atoms with Crippen LogP contribution in [0.15, 0.2) is 95.9 Å². The SMILES string of the molecule is Cc1ccc(S(=O)(=O)N[C@H](/C=C/c2ccccc2)CC(=O)N2C(=O)OC[C@@H]2Cc2ccccc2)cc1. The maximum Gasteiger partial charge on any atom is 0.416 e. The van der Waals surface area contributed by atoms with E-state index < -0.39 is 34.1 Å². The Morgan fingerprint density at radius 3 is 2.33 bits per heavy atom. The van der Waals surface area contributed by atoms with Crippen molar-refractivity contribution < 1.29 is 22.7 Å². The monoisotopic (exact) mass is 504 g/mol. The second-order valence-electron chi connectivity index (χ2n) is 8.70. The summed E-state index contributed by atoms with van der Waals surface area (Å²) in [6.07, 6.45) is 2.88. The number of carbonyl (C=O) groups excluding carboxylic acids is 2. The molecule has 0 aliphatic carbocycles. The summed E-state index contributed by atoms with van der Waals surface area (Å²) in [5.41, 5.74) is 2.76. The Hall–Kier alpha value is -3.75. The molecule has 1 fully saturated rings. The first-order valence-electron chi connectivity index (χ1n) is 11.7. The number of nitrogens with one attached hydrogen (secondary N) is 1. The van der Waals surface area contributed by atoms with Crippen molar-refractivity contribution in [2.45, 2.75) is 36.7 Å². The van der Waals surface area contributed by atoms with Gasteiger partial charge in [0.05, 0.1) is 10.9 Å². The Labute approximate surface area is 211 Å². The molecule has 36 heavy (non-hydrogen) atoms. The number of imide groups is 1. The minimum absolute atomic E-state index is 0.0963. The number of sulfonamides is 1. The largest absolute Gasteiger partial charge is 0.447 e. The number of hydrogen-bond donors (Lipinski definition) is 1. The Balaban J connectivity index is 1.55. The van der Waals surface area contributed by atoms with Crippen molar-refractivity contribution in [1.82, 2.24) is 9.62 Å². The predicted octanol–water partition coefficient (Wildman–Crippen LogP) is 4.34. The van der Waals surface area contributed by atoms with Crippen LogP contribution in [0.25, 0.3) is 6.08 Å². The molecule has 3 aromatic carbocycles. The molecule has 1 heterocycles. The molecule has 7 nitrogen and oxygen atoms in total. The molecule has 0 unspecified atom stereocenters. The van der Waals surface area contributed by atoms with Crippen LogP contribution in [0.1, 0.15) is 23.1 Å². The molecule has 1 aliphatic rings. The number of nitrogens with zero attached hydrogens (tertiary/aromatic N) is 1. The Morgan fingerprint density at radius 1 is 1.03 bits per heavy atom. The smallest absolute Gasteiger partial charge is 0.416 e. The highest BCUT2D eigenvalue weighted by atomic mass is 32.2. The van der Waals surface area contributed by atoms with Gasteiger partial charge in [0.1, 0.15) is 6.61 Å². The molecule has 0 saturated carbocycles. The third-order valence-corrected chi connectivity index (χ3v) is 7.40. The number of cyclic esters (lactones) is 1. The average Bonchev–Trinajstić information content (AvgIpc) is 3.23. The lowest BCUT2D eigenvalue weighted by Gasteiger charge is -2.22. The number of benzene rings is 3. The summed E-state index contributed by atoms with van der Waals surface area (Å²) < 4.78 is 33.9. The highest BCUT2D eigenvalue weighted by Crippen LogP contribution is 2.20. The molecule has 8 heteroatoms. The lowest BCUT2D eigenvalue weighted by molar-refractivity contribution is -0.129. The maximum absolute atomic E-state index is 13.3. The van der Waals surface area contributed by atoms with Gasteiger partial charge >= 0.3 is 6.09 Å². The molecule has 4 rings (SSSR count). The summed E-state index contributed by atoms with van der Waals surface area (Å²) in [4.78, 5) is 26.9. The molecular weight excluding hydrogens is 476 g/mol. The van der Waals surface area contributed by atoms with Gasteiger partial charge in [0, 0.05) is 12.5 Å². The third kappa shape index (κ3) is 6.47. The quantitative estimate of drug-likeness (QED) is 0.468. The van der Waals surface area contributed by atoms with E-state index in [0.29, 0.717) is 6.42 Å². The van der Waals surface area contributed by atoms with E-state index in [2.05, 4.69) is 4.72 Å². The molecule has 0 radical (unpaired) electrons. The summed E-state index contributed by atoms with van der Waals surface area (Å²) in [5, 5.41) is 0. The van der Waals surface area contributed by atoms with E-state index in [-0.39, 0.29) is 17.9 Å². The van der Waals surface area contributed by atoms with Crippen molar-refractivity contribution in [3.63, 3.8) is 0 Å². The van der Waals surface area contributed by atoms with E-state index in [9.17, 15) is 18.0 Å². The third-order valence-electron chi connectivity index (χ3n) is 5.90. The molecule has 186 valence electrons. The fraction of sp³-hybridized carbons (Fsp3) is 0.214. The second kappa shape index (κ2) is 11.3. The normalized spacial score (nSPS) is 16.8. The molecule has 2 atom stereocenters. The van der Waals surface area contributed by atoms with Crippen LogP contribution >= 0.6 is 0 Å². The molecule has 0 spiro atoms. The van der Waals surface area contributed by atoms with E-state index in [1.807, 2.05) is 67.6 Å². The number of carbonyl (C=O) groups is 2. The van der Waals surface area contributed by atoms with Crippen molar-refractivity contribution in [1.29, 1.82) is 0 Å². The van der Waals surface area contributed by atoms with Crippen LogP contribution in [-0.2, 0) is 26.0 Å². The topological polar surface area (TPSA) is 92.8 Å². The van der Waals surface area contributed by atoms with E-state index in [0.717, 1.165) is 21.6 Å². The minimum atomic E-state index is -3.91. The highest BCUT2D eigenvalue weighted by Gasteiger charge is 2.38. The molecule has 1 aliphatic heterocycles. The van der Waals surface area contributed by atoms with Crippen molar-refractivity contribution in [2.24, 2.45) is 0 Å². The zero-order valence-electron chi connectivity index (χ0n) is 19.9. The van der Waals surface area contributed by atoms with Crippen molar-refractivity contribution in [3.05, 3.63) is 108 Å². The van der Waals surface area contributed by atoms with Crippen LogP contribution in [0.4, 0.5) is 4.79 Å². The van der Waals surface area contributed by atoms with E-state index in [4.69, 9.17) is 4.74 Å². The van der Waals surface area contributed by atoms with Gasteiger partial charge in [-0.15, -0.1) is 0 Å². The first-order chi connectivity index (χ1) is 17.3. The Kier molecular flexibility index (Phi) is 7.97. The molecule has 3 aromatic rings. The van der Waals surface area contributed by atoms with Crippen LogP contribution in [0.2, 0.25) is 0 Å². The molecule has 2 amide bonds. The van der Waals surface area contributed by atoms with Crippen molar-refractivity contribution in [2.75, 3.05) is 6.61 Å². The lowest BCUT2D eigenvalue weighted by Crippen LogP contribution is -2.44. The summed E-state index contributed by atoms with van der Waals surface area (Å²) in [5.74, 6) is -0.507. The number of amides is 2. The fourth-order valence-corrected chi connectivity index (χ4v) is 5.21. The molecular formula is C28H28N2O5S. The molecule has 0 aromatic heterocycles. The van der Waals surface area contributed by atoms with Gasteiger partial charge in [0.2, 0.25) is 15.9 Å². The van der Waals surface area contributed by atoms with Crippen molar-refractivity contribution >= 4 is 28.1 Å². The van der Waals surface area contributed by atoms with Crippen LogP contribution in [0, 0.1) is 6.92 Å². The highest BCUT2D eigenvalue weighted by molar-refractivity contribution is 7.89. The van der Waals surface area contributed by atoms with Gasteiger partial charge in [-0.3, -0.25) is 4.79 Å². The van der Waals surface area contributed by atoms with Gasteiger partial charge in [-0.1, -0.05) is 90.5 Å².